The molecule has 0 aliphatic heterocycles. The molecule has 1 heterocycles. The maximum atomic E-state index is 12.3. The summed E-state index contributed by atoms with van der Waals surface area (Å²) in [5, 5.41) is 8.28. The minimum absolute atomic E-state index is 0. The van der Waals surface area contributed by atoms with Crippen molar-refractivity contribution in [3.8, 4) is 5.75 Å². The predicted molar refractivity (Wildman–Crippen MR) is 82.8 cm³/mol. The Bertz CT molecular complexity index is 712. The van der Waals surface area contributed by atoms with Crippen LogP contribution in [0.15, 0.2) is 30.5 Å². The van der Waals surface area contributed by atoms with E-state index in [1.165, 1.54) is 0 Å². The lowest BCUT2D eigenvalue weighted by atomic mass is 10.1. The summed E-state index contributed by atoms with van der Waals surface area (Å²) in [4.78, 5) is 16.4. The fourth-order valence-electron chi connectivity index (χ4n) is 1.92. The first-order valence-electron chi connectivity index (χ1n) is 6.40. The summed E-state index contributed by atoms with van der Waals surface area (Å²) >= 11 is 3.32. The Labute approximate surface area is 147 Å². The maximum Gasteiger partial charge on any atom is 0.182 e. The molecule has 0 unspecified atom stereocenters. The standard InChI is InChI=1S/C15H16BrN3O2.BrH/c1-10-18-15(17)12(7-16)8-19(10)9-14(20)11-3-5-13(21-2)6-4-11;/h3-6,8,17H,7,9H2,1-2H3;1H/p-1. The molecule has 2 aromatic rings. The van der Waals surface area contributed by atoms with Gasteiger partial charge in [0, 0.05) is 22.7 Å². The topological polar surface area (TPSA) is 68.0 Å². The number of aryl methyl sites for hydroxylation is 1. The van der Waals surface area contributed by atoms with Gasteiger partial charge in [-0.2, -0.15) is 0 Å². The van der Waals surface area contributed by atoms with Crippen LogP contribution >= 0.6 is 15.9 Å². The zero-order valence-corrected chi connectivity index (χ0v) is 15.4. The van der Waals surface area contributed by atoms with Gasteiger partial charge in [0.2, 0.25) is 0 Å². The smallest absolute Gasteiger partial charge is 0.182 e. The van der Waals surface area contributed by atoms with Crippen LogP contribution < -0.4 is 27.2 Å². The number of ketones is 1. The van der Waals surface area contributed by atoms with E-state index in [0.717, 1.165) is 11.3 Å². The molecule has 0 saturated heterocycles. The number of nitrogens with one attached hydrogen (secondary N) is 1. The molecular formula is C15H16Br2N3O2-. The van der Waals surface area contributed by atoms with Crippen LogP contribution in [0.1, 0.15) is 21.7 Å². The fraction of sp³-hybridized carbons (Fsp3) is 0.267. The summed E-state index contributed by atoms with van der Waals surface area (Å²) < 4.78 is 6.84. The Morgan fingerprint density at radius 3 is 2.55 bits per heavy atom. The fourth-order valence-corrected chi connectivity index (χ4v) is 2.33. The number of carbonyl (C=O) groups is 1. The second-order valence-corrected chi connectivity index (χ2v) is 5.14. The van der Waals surface area contributed by atoms with Crippen molar-refractivity contribution in [3.05, 3.63) is 52.9 Å². The summed E-state index contributed by atoms with van der Waals surface area (Å²) in [6.45, 7) is 1.99. The van der Waals surface area contributed by atoms with Crippen molar-refractivity contribution in [1.82, 2.24) is 9.55 Å². The van der Waals surface area contributed by atoms with Gasteiger partial charge in [0.1, 0.15) is 11.6 Å². The monoisotopic (exact) mass is 428 g/mol. The molecule has 1 aromatic carbocycles. The molecule has 2 rings (SSSR count). The van der Waals surface area contributed by atoms with Crippen LogP contribution in [0.25, 0.3) is 0 Å². The van der Waals surface area contributed by atoms with E-state index in [9.17, 15) is 4.79 Å². The largest absolute Gasteiger partial charge is 1.00 e. The SMILES string of the molecule is COc1ccc(C(=O)Cn2cc(CBr)c(=N)nc2C)cc1.[Br-]. The van der Waals surface area contributed by atoms with E-state index in [1.807, 2.05) is 0 Å². The average molecular weight is 430 g/mol. The molecule has 7 heteroatoms. The van der Waals surface area contributed by atoms with Gasteiger partial charge in [-0.3, -0.25) is 10.2 Å². The number of Topliss-reactive ketones (excluding diaryl/α,β-unsaturated/α-hetero) is 1. The van der Waals surface area contributed by atoms with Gasteiger partial charge in [-0.1, -0.05) is 15.9 Å². The van der Waals surface area contributed by atoms with Crippen molar-refractivity contribution >= 4 is 21.7 Å². The van der Waals surface area contributed by atoms with E-state index < -0.39 is 0 Å². The lowest BCUT2D eigenvalue weighted by molar-refractivity contribution is -0.0000129. The minimum atomic E-state index is -0.00851. The molecule has 22 heavy (non-hydrogen) atoms. The number of carbonyl (C=O) groups excluding carboxylic acids is 1. The van der Waals surface area contributed by atoms with Crippen LogP contribution in [-0.2, 0) is 11.9 Å². The van der Waals surface area contributed by atoms with Crippen molar-refractivity contribution in [3.63, 3.8) is 0 Å². The van der Waals surface area contributed by atoms with Crippen LogP contribution in [0.3, 0.4) is 0 Å². The number of aromatic nitrogens is 2. The summed E-state index contributed by atoms with van der Waals surface area (Å²) in [6, 6.07) is 7.02. The van der Waals surface area contributed by atoms with Gasteiger partial charge >= 0.3 is 0 Å². The number of benzene rings is 1. The number of hydrogen-bond donors (Lipinski definition) is 1. The van der Waals surface area contributed by atoms with Crippen LogP contribution in [0, 0.1) is 12.3 Å². The summed E-state index contributed by atoms with van der Waals surface area (Å²) in [5.41, 5.74) is 1.61. The molecule has 0 saturated carbocycles. The highest BCUT2D eigenvalue weighted by molar-refractivity contribution is 9.08. The van der Waals surface area contributed by atoms with Gasteiger partial charge in [0.15, 0.2) is 11.3 Å². The molecule has 0 aliphatic carbocycles. The number of ether oxygens (including phenoxy) is 1. The molecule has 118 valence electrons. The van der Waals surface area contributed by atoms with Gasteiger partial charge in [0.25, 0.3) is 0 Å². The zero-order valence-electron chi connectivity index (χ0n) is 12.3. The molecular weight excluding hydrogens is 414 g/mol. The average Bonchev–Trinajstić information content (AvgIpc) is 2.50. The Kier molecular flexibility index (Phi) is 6.96. The summed E-state index contributed by atoms with van der Waals surface area (Å²) in [6.07, 6.45) is 1.79. The number of halogens is 2. The van der Waals surface area contributed by atoms with Gasteiger partial charge in [-0.15, -0.1) is 0 Å². The Balaban J connectivity index is 0.00000242. The number of hydrogen-bond acceptors (Lipinski definition) is 4. The lowest BCUT2D eigenvalue weighted by Crippen LogP contribution is -3.00. The summed E-state index contributed by atoms with van der Waals surface area (Å²) in [5.74, 6) is 1.36. The quantitative estimate of drug-likeness (QED) is 0.512. The second kappa shape index (κ2) is 8.24. The Morgan fingerprint density at radius 1 is 1.36 bits per heavy atom. The molecule has 0 radical (unpaired) electrons. The summed E-state index contributed by atoms with van der Waals surface area (Å²) in [7, 11) is 1.59. The minimum Gasteiger partial charge on any atom is -1.00 e. The van der Waals surface area contributed by atoms with E-state index in [2.05, 4.69) is 20.9 Å². The lowest BCUT2D eigenvalue weighted by Gasteiger charge is -2.11. The second-order valence-electron chi connectivity index (χ2n) is 4.58. The molecule has 1 N–H and O–H groups in total. The van der Waals surface area contributed by atoms with E-state index in [-0.39, 0.29) is 34.8 Å². The predicted octanol–water partition coefficient (Wildman–Crippen LogP) is -0.539. The number of nitrogens with zero attached hydrogens (tertiary/aromatic N) is 2. The molecule has 0 bridgehead atoms. The van der Waals surface area contributed by atoms with Gasteiger partial charge < -0.3 is 26.3 Å². The molecule has 0 fully saturated rings. The van der Waals surface area contributed by atoms with Crippen LogP contribution in [0.5, 0.6) is 5.75 Å². The van der Waals surface area contributed by atoms with Crippen LogP contribution in [-0.4, -0.2) is 22.4 Å². The molecule has 1 aromatic heterocycles. The van der Waals surface area contributed by atoms with Crippen molar-refractivity contribution < 1.29 is 26.5 Å². The molecule has 0 atom stereocenters. The number of alkyl halides is 1. The Hall–Kier alpha value is -1.47. The van der Waals surface area contributed by atoms with Crippen molar-refractivity contribution in [1.29, 1.82) is 5.41 Å². The van der Waals surface area contributed by atoms with E-state index in [4.69, 9.17) is 10.1 Å². The highest BCUT2D eigenvalue weighted by Gasteiger charge is 2.09. The normalized spacial score (nSPS) is 9.95. The van der Waals surface area contributed by atoms with Gasteiger partial charge in [-0.05, 0) is 31.2 Å². The number of rotatable bonds is 5. The van der Waals surface area contributed by atoms with E-state index in [0.29, 0.717) is 16.7 Å². The first-order valence-corrected chi connectivity index (χ1v) is 7.52. The highest BCUT2D eigenvalue weighted by Crippen LogP contribution is 2.12. The third-order valence-corrected chi connectivity index (χ3v) is 3.78. The van der Waals surface area contributed by atoms with E-state index >= 15 is 0 Å². The van der Waals surface area contributed by atoms with Crippen molar-refractivity contribution in [2.45, 2.75) is 18.8 Å². The molecule has 0 aliphatic rings. The van der Waals surface area contributed by atoms with E-state index in [1.54, 1.807) is 49.1 Å². The first-order chi connectivity index (χ1) is 10.0. The highest BCUT2D eigenvalue weighted by atomic mass is 79.9. The Morgan fingerprint density at radius 2 is 2.00 bits per heavy atom. The van der Waals surface area contributed by atoms with Crippen molar-refractivity contribution in [2.24, 2.45) is 0 Å². The van der Waals surface area contributed by atoms with Crippen LogP contribution in [0.4, 0.5) is 0 Å². The molecule has 0 amide bonds. The molecule has 5 nitrogen and oxygen atoms in total. The number of methoxy groups -OCH3 is 1. The molecule has 0 spiro atoms. The zero-order chi connectivity index (χ0) is 15.4. The van der Waals surface area contributed by atoms with Crippen LogP contribution in [0.2, 0.25) is 0 Å². The maximum absolute atomic E-state index is 12.3. The van der Waals surface area contributed by atoms with Crippen molar-refractivity contribution in [2.75, 3.05) is 7.11 Å². The third kappa shape index (κ3) is 4.27. The third-order valence-electron chi connectivity index (χ3n) is 3.18. The van der Waals surface area contributed by atoms with Gasteiger partial charge in [0.05, 0.1) is 13.7 Å². The first kappa shape index (κ1) is 18.6. The van der Waals surface area contributed by atoms with Gasteiger partial charge in [-0.25, -0.2) is 4.98 Å².